The molecular weight excluding hydrogens is 314 g/mol. The molecule has 0 aliphatic carbocycles. The Bertz CT molecular complexity index is 758. The summed E-state index contributed by atoms with van der Waals surface area (Å²) in [7, 11) is 0. The summed E-state index contributed by atoms with van der Waals surface area (Å²) >= 11 is 5.84. The number of esters is 1. The fourth-order valence-electron chi connectivity index (χ4n) is 2.16. The van der Waals surface area contributed by atoms with Crippen molar-refractivity contribution in [2.45, 2.75) is 12.6 Å². The third-order valence-corrected chi connectivity index (χ3v) is 3.57. The number of nitrogens with zero attached hydrogens (tertiary/aromatic N) is 3. The van der Waals surface area contributed by atoms with E-state index in [1.165, 1.54) is 6.33 Å². The van der Waals surface area contributed by atoms with Crippen LogP contribution in [0.1, 0.15) is 22.0 Å². The monoisotopic (exact) mass is 327 g/mol. The van der Waals surface area contributed by atoms with Gasteiger partial charge >= 0.3 is 5.97 Å². The van der Waals surface area contributed by atoms with Crippen LogP contribution in [0.15, 0.2) is 67.3 Å². The van der Waals surface area contributed by atoms with Crippen molar-refractivity contribution in [2.75, 3.05) is 0 Å². The molecule has 0 aliphatic rings. The highest BCUT2D eigenvalue weighted by Crippen LogP contribution is 2.21. The highest BCUT2D eigenvalue weighted by Gasteiger charge is 2.19. The van der Waals surface area contributed by atoms with Crippen LogP contribution in [0.3, 0.4) is 0 Å². The highest BCUT2D eigenvalue weighted by atomic mass is 35.5. The second kappa shape index (κ2) is 7.07. The molecule has 0 N–H and O–H groups in total. The fraction of sp³-hybridized carbons (Fsp3) is 0.118. The summed E-state index contributed by atoms with van der Waals surface area (Å²) < 4.78 is 7.30. The standard InChI is InChI=1S/C17H14ClN3O2/c18-15-8-6-14(7-9-15)17(22)23-16(10-21-12-19-11-20-21)13-4-2-1-3-5-13/h1-9,11-12,16H,10H2. The van der Waals surface area contributed by atoms with Gasteiger partial charge in [-0.25, -0.2) is 14.5 Å². The molecule has 1 heterocycles. The minimum atomic E-state index is -0.457. The third kappa shape index (κ3) is 3.96. The highest BCUT2D eigenvalue weighted by molar-refractivity contribution is 6.30. The molecule has 2 aromatic carbocycles. The van der Waals surface area contributed by atoms with Crippen LogP contribution >= 0.6 is 11.6 Å². The molecule has 1 unspecified atom stereocenters. The van der Waals surface area contributed by atoms with Gasteiger partial charge in [0.25, 0.3) is 0 Å². The molecule has 3 rings (SSSR count). The Morgan fingerprint density at radius 1 is 1.13 bits per heavy atom. The van der Waals surface area contributed by atoms with E-state index in [0.717, 1.165) is 5.56 Å². The number of carbonyl (C=O) groups is 1. The third-order valence-electron chi connectivity index (χ3n) is 3.32. The molecule has 0 radical (unpaired) electrons. The van der Waals surface area contributed by atoms with Crippen LogP contribution in [-0.4, -0.2) is 20.7 Å². The minimum Gasteiger partial charge on any atom is -0.452 e. The first-order valence-electron chi connectivity index (χ1n) is 7.06. The molecule has 1 atom stereocenters. The van der Waals surface area contributed by atoms with Gasteiger partial charge in [0.1, 0.15) is 18.8 Å². The van der Waals surface area contributed by atoms with Crippen molar-refractivity contribution in [3.05, 3.63) is 83.4 Å². The van der Waals surface area contributed by atoms with Crippen LogP contribution in [0.2, 0.25) is 5.02 Å². The van der Waals surface area contributed by atoms with Gasteiger partial charge < -0.3 is 4.74 Å². The van der Waals surface area contributed by atoms with Crippen molar-refractivity contribution in [3.8, 4) is 0 Å². The van der Waals surface area contributed by atoms with Crippen LogP contribution in [0.25, 0.3) is 0 Å². The topological polar surface area (TPSA) is 57.0 Å². The van der Waals surface area contributed by atoms with Gasteiger partial charge in [-0.15, -0.1) is 0 Å². The Morgan fingerprint density at radius 2 is 1.87 bits per heavy atom. The molecule has 0 saturated carbocycles. The van der Waals surface area contributed by atoms with E-state index in [9.17, 15) is 4.79 Å². The molecule has 1 aromatic heterocycles. The maximum Gasteiger partial charge on any atom is 0.338 e. The molecule has 0 saturated heterocycles. The summed E-state index contributed by atoms with van der Waals surface area (Å²) in [5, 5.41) is 4.64. The van der Waals surface area contributed by atoms with E-state index in [4.69, 9.17) is 16.3 Å². The number of carbonyl (C=O) groups excluding carboxylic acids is 1. The number of ether oxygens (including phenoxy) is 1. The van der Waals surface area contributed by atoms with Crippen molar-refractivity contribution in [2.24, 2.45) is 0 Å². The summed E-state index contributed by atoms with van der Waals surface area (Å²) in [5.41, 5.74) is 1.35. The fourth-order valence-corrected chi connectivity index (χ4v) is 2.28. The smallest absolute Gasteiger partial charge is 0.338 e. The molecule has 0 spiro atoms. The molecular formula is C17H14ClN3O2. The Hall–Kier alpha value is -2.66. The van der Waals surface area contributed by atoms with Crippen molar-refractivity contribution < 1.29 is 9.53 Å². The molecule has 23 heavy (non-hydrogen) atoms. The lowest BCUT2D eigenvalue weighted by Crippen LogP contribution is -2.17. The summed E-state index contributed by atoms with van der Waals surface area (Å²) in [5.74, 6) is -0.407. The largest absolute Gasteiger partial charge is 0.452 e. The van der Waals surface area contributed by atoms with Crippen molar-refractivity contribution in [1.82, 2.24) is 14.8 Å². The lowest BCUT2D eigenvalue weighted by molar-refractivity contribution is 0.0246. The number of benzene rings is 2. The van der Waals surface area contributed by atoms with E-state index >= 15 is 0 Å². The first kappa shape index (κ1) is 15.2. The normalized spacial score (nSPS) is 11.9. The molecule has 116 valence electrons. The maximum absolute atomic E-state index is 12.4. The van der Waals surface area contributed by atoms with E-state index in [0.29, 0.717) is 17.1 Å². The maximum atomic E-state index is 12.4. The van der Waals surface area contributed by atoms with E-state index in [1.54, 1.807) is 35.3 Å². The van der Waals surface area contributed by atoms with Crippen LogP contribution in [-0.2, 0) is 11.3 Å². The number of hydrogen-bond donors (Lipinski definition) is 0. The van der Waals surface area contributed by atoms with Gasteiger partial charge in [0.05, 0.1) is 12.1 Å². The zero-order chi connectivity index (χ0) is 16.1. The Balaban J connectivity index is 1.80. The predicted molar refractivity (Wildman–Crippen MR) is 86.1 cm³/mol. The van der Waals surface area contributed by atoms with Gasteiger partial charge in [-0.1, -0.05) is 41.9 Å². The van der Waals surface area contributed by atoms with Gasteiger partial charge in [-0.2, -0.15) is 5.10 Å². The summed E-state index contributed by atoms with van der Waals surface area (Å²) in [4.78, 5) is 16.3. The Labute approximate surface area is 138 Å². The van der Waals surface area contributed by atoms with Crippen molar-refractivity contribution in [3.63, 3.8) is 0 Å². The first-order valence-corrected chi connectivity index (χ1v) is 7.44. The van der Waals surface area contributed by atoms with Crippen LogP contribution in [0, 0.1) is 0 Å². The van der Waals surface area contributed by atoms with E-state index in [2.05, 4.69) is 10.1 Å². The lowest BCUT2D eigenvalue weighted by Gasteiger charge is -2.18. The molecule has 0 fully saturated rings. The predicted octanol–water partition coefficient (Wildman–Crippen LogP) is 3.53. The average Bonchev–Trinajstić information content (AvgIpc) is 3.09. The van der Waals surface area contributed by atoms with Gasteiger partial charge in [-0.05, 0) is 29.8 Å². The SMILES string of the molecule is O=C(OC(Cn1cncn1)c1ccccc1)c1ccc(Cl)cc1. The van der Waals surface area contributed by atoms with Crippen LogP contribution < -0.4 is 0 Å². The first-order chi connectivity index (χ1) is 11.2. The van der Waals surface area contributed by atoms with Crippen molar-refractivity contribution >= 4 is 17.6 Å². The Morgan fingerprint density at radius 3 is 2.52 bits per heavy atom. The summed E-state index contributed by atoms with van der Waals surface area (Å²) in [6, 6.07) is 16.1. The number of hydrogen-bond acceptors (Lipinski definition) is 4. The van der Waals surface area contributed by atoms with Gasteiger partial charge in [-0.3, -0.25) is 0 Å². The molecule has 0 aliphatic heterocycles. The number of aromatic nitrogens is 3. The van der Waals surface area contributed by atoms with E-state index in [1.807, 2.05) is 30.3 Å². The zero-order valence-electron chi connectivity index (χ0n) is 12.2. The molecule has 3 aromatic rings. The quantitative estimate of drug-likeness (QED) is 0.673. The summed E-state index contributed by atoms with van der Waals surface area (Å²) in [6.07, 6.45) is 2.58. The van der Waals surface area contributed by atoms with Gasteiger partial charge in [0.15, 0.2) is 0 Å². The van der Waals surface area contributed by atoms with Gasteiger partial charge in [0, 0.05) is 5.02 Å². The second-order valence-electron chi connectivity index (χ2n) is 4.93. The minimum absolute atomic E-state index is 0.392. The van der Waals surface area contributed by atoms with Crippen molar-refractivity contribution in [1.29, 1.82) is 0 Å². The van der Waals surface area contributed by atoms with Crippen LogP contribution in [0.4, 0.5) is 0 Å². The molecule has 0 bridgehead atoms. The zero-order valence-corrected chi connectivity index (χ0v) is 12.9. The summed E-state index contributed by atoms with van der Waals surface area (Å²) in [6.45, 7) is 0.392. The molecule has 6 heteroatoms. The van der Waals surface area contributed by atoms with Gasteiger partial charge in [0.2, 0.25) is 0 Å². The molecule has 0 amide bonds. The molecule has 5 nitrogen and oxygen atoms in total. The average molecular weight is 328 g/mol. The van der Waals surface area contributed by atoms with Crippen LogP contribution in [0.5, 0.6) is 0 Å². The van der Waals surface area contributed by atoms with E-state index in [-0.39, 0.29) is 0 Å². The second-order valence-corrected chi connectivity index (χ2v) is 5.37. The number of rotatable bonds is 5. The Kier molecular flexibility index (Phi) is 4.68. The van der Waals surface area contributed by atoms with E-state index < -0.39 is 12.1 Å². The lowest BCUT2D eigenvalue weighted by atomic mass is 10.1. The number of halogens is 1.